The average Bonchev–Trinajstić information content (AvgIpc) is 3.07. The highest BCUT2D eigenvalue weighted by Crippen LogP contribution is 2.94. The molecule has 0 N–H and O–H groups in total. The summed E-state index contributed by atoms with van der Waals surface area (Å²) in [5.41, 5.74) is 4.30. The van der Waals surface area contributed by atoms with Crippen molar-refractivity contribution in [2.24, 2.45) is 16.7 Å². The molecule has 6 atom stereocenters. The molecule has 1 heterocycles. The lowest BCUT2D eigenvalue weighted by Gasteiger charge is -2.33. The molecule has 1 spiro atoms. The third-order valence-electron chi connectivity index (χ3n) is 7.44. The molecule has 2 aromatic rings. The zero-order valence-corrected chi connectivity index (χ0v) is 13.6. The van der Waals surface area contributed by atoms with Gasteiger partial charge in [0.25, 0.3) is 0 Å². The van der Waals surface area contributed by atoms with E-state index < -0.39 is 0 Å². The van der Waals surface area contributed by atoms with E-state index in [1.54, 1.807) is 0 Å². The lowest BCUT2D eigenvalue weighted by Crippen LogP contribution is -2.31. The summed E-state index contributed by atoms with van der Waals surface area (Å²) in [5, 5.41) is 19.4. The van der Waals surface area contributed by atoms with Gasteiger partial charge < -0.3 is 4.74 Å². The molecule has 6 rings (SSSR count). The van der Waals surface area contributed by atoms with Crippen LogP contribution in [0.15, 0.2) is 48.5 Å². The molecule has 2 saturated carbocycles. The second-order valence-electron chi connectivity index (χ2n) is 7.95. The largest absolute Gasteiger partial charge is 0.380 e. The van der Waals surface area contributed by atoms with E-state index in [1.807, 2.05) is 12.1 Å². The number of ether oxygens (including phenoxy) is 1. The van der Waals surface area contributed by atoms with Gasteiger partial charge in [0.1, 0.15) is 0 Å². The van der Waals surface area contributed by atoms with E-state index in [-0.39, 0.29) is 16.7 Å². The fourth-order valence-corrected chi connectivity index (χ4v) is 6.85. The quantitative estimate of drug-likeness (QED) is 0.804. The Bertz CT molecular complexity index is 998. The third-order valence-corrected chi connectivity index (χ3v) is 7.44. The van der Waals surface area contributed by atoms with Crippen LogP contribution < -0.4 is 0 Å². The lowest BCUT2D eigenvalue weighted by molar-refractivity contribution is 0.00626. The van der Waals surface area contributed by atoms with Crippen LogP contribution in [0.4, 0.5) is 0 Å². The first-order valence-electron chi connectivity index (χ1n) is 8.87. The van der Waals surface area contributed by atoms with Crippen molar-refractivity contribution in [3.63, 3.8) is 0 Å². The van der Waals surface area contributed by atoms with Crippen molar-refractivity contribution in [2.75, 3.05) is 13.2 Å². The third kappa shape index (κ3) is 1.21. The van der Waals surface area contributed by atoms with Crippen LogP contribution in [-0.2, 0) is 4.74 Å². The summed E-state index contributed by atoms with van der Waals surface area (Å²) >= 11 is 0. The topological polar surface area (TPSA) is 56.8 Å². The molecule has 1 saturated heterocycles. The first-order valence-corrected chi connectivity index (χ1v) is 8.87. The van der Waals surface area contributed by atoms with E-state index in [2.05, 4.69) is 48.5 Å². The molecule has 1 aliphatic heterocycles. The predicted octanol–water partition coefficient (Wildman–Crippen LogP) is 3.69. The van der Waals surface area contributed by atoms with E-state index in [0.29, 0.717) is 29.9 Å². The van der Waals surface area contributed by atoms with E-state index >= 15 is 0 Å². The van der Waals surface area contributed by atoms with Crippen LogP contribution in [0.25, 0.3) is 0 Å². The number of hydrogen-bond acceptors (Lipinski definition) is 3. The Morgan fingerprint density at radius 1 is 0.960 bits per heavy atom. The highest BCUT2D eigenvalue weighted by atomic mass is 16.5. The second kappa shape index (κ2) is 4.13. The summed E-state index contributed by atoms with van der Waals surface area (Å²) in [7, 11) is 0. The Balaban J connectivity index is 1.59. The van der Waals surface area contributed by atoms with Gasteiger partial charge in [-0.25, -0.2) is 0 Å². The molecule has 0 amide bonds. The first-order chi connectivity index (χ1) is 12.3. The molecule has 0 radical (unpaired) electrons. The van der Waals surface area contributed by atoms with Crippen LogP contribution in [0.1, 0.15) is 40.0 Å². The zero-order valence-electron chi connectivity index (χ0n) is 13.6. The number of fused-ring (bicyclic) bond motifs is 3. The first kappa shape index (κ1) is 13.6. The van der Waals surface area contributed by atoms with Crippen LogP contribution >= 0.6 is 0 Å². The number of benzene rings is 2. The molecule has 2 bridgehead atoms. The Labute approximate surface area is 146 Å². The maximum absolute atomic E-state index is 10.3. The van der Waals surface area contributed by atoms with Gasteiger partial charge in [-0.05, 0) is 40.7 Å². The second-order valence-corrected chi connectivity index (χ2v) is 7.95. The minimum absolute atomic E-state index is 0.0348. The minimum atomic E-state index is -0.346. The Morgan fingerprint density at radius 2 is 1.72 bits per heavy atom. The van der Waals surface area contributed by atoms with Gasteiger partial charge in [-0.1, -0.05) is 36.4 Å². The molecule has 4 unspecified atom stereocenters. The van der Waals surface area contributed by atoms with Crippen LogP contribution in [0.5, 0.6) is 0 Å². The number of nitriles is 2. The summed E-state index contributed by atoms with van der Waals surface area (Å²) in [6.07, 6.45) is 0. The summed E-state index contributed by atoms with van der Waals surface area (Å²) < 4.78 is 6.03. The van der Waals surface area contributed by atoms with Crippen LogP contribution in [-0.4, -0.2) is 13.2 Å². The van der Waals surface area contributed by atoms with E-state index in [4.69, 9.17) is 10.00 Å². The summed E-state index contributed by atoms with van der Waals surface area (Å²) in [6, 6.07) is 21.5. The molecular formula is C22H16N2O. The highest BCUT2D eigenvalue weighted by molar-refractivity contribution is 5.65. The van der Waals surface area contributed by atoms with Crippen LogP contribution in [0.2, 0.25) is 0 Å². The van der Waals surface area contributed by atoms with E-state index in [1.165, 1.54) is 16.7 Å². The van der Waals surface area contributed by atoms with Gasteiger partial charge in [-0.15, -0.1) is 0 Å². The molecule has 3 aliphatic carbocycles. The Hall–Kier alpha value is -2.62. The van der Waals surface area contributed by atoms with Crippen molar-refractivity contribution < 1.29 is 4.74 Å². The van der Waals surface area contributed by atoms with Gasteiger partial charge in [-0.3, -0.25) is 0 Å². The van der Waals surface area contributed by atoms with Gasteiger partial charge in [0.05, 0.1) is 36.3 Å². The normalized spacial score (nSPS) is 41.4. The van der Waals surface area contributed by atoms with Crippen molar-refractivity contribution in [2.45, 2.75) is 17.8 Å². The number of hydrogen-bond donors (Lipinski definition) is 0. The molecule has 3 fully saturated rings. The predicted molar refractivity (Wildman–Crippen MR) is 90.6 cm³/mol. The molecular weight excluding hydrogens is 308 g/mol. The Morgan fingerprint density at radius 3 is 2.44 bits per heavy atom. The molecule has 25 heavy (non-hydrogen) atoms. The van der Waals surface area contributed by atoms with E-state index in [9.17, 15) is 5.26 Å². The van der Waals surface area contributed by atoms with Crippen molar-refractivity contribution >= 4 is 0 Å². The van der Waals surface area contributed by atoms with Crippen molar-refractivity contribution in [3.05, 3.63) is 70.8 Å². The molecule has 2 aromatic carbocycles. The van der Waals surface area contributed by atoms with Gasteiger partial charge in [0, 0.05) is 17.3 Å². The van der Waals surface area contributed by atoms with Gasteiger partial charge in [0.2, 0.25) is 0 Å². The molecule has 0 aromatic heterocycles. The number of rotatable bonds is 1. The SMILES string of the molecule is N#Cc1ccc([C@H]2[C@@H]3COCC45C3c3ccccc3C4C25C#N)cc1. The van der Waals surface area contributed by atoms with Crippen molar-refractivity contribution in [3.8, 4) is 12.1 Å². The fourth-order valence-electron chi connectivity index (χ4n) is 6.85. The average molecular weight is 324 g/mol. The molecule has 4 aliphatic rings. The van der Waals surface area contributed by atoms with Gasteiger partial charge in [-0.2, -0.15) is 10.5 Å². The maximum Gasteiger partial charge on any atom is 0.0991 e. The lowest BCUT2D eigenvalue weighted by atomic mass is 9.75. The minimum Gasteiger partial charge on any atom is -0.380 e. The van der Waals surface area contributed by atoms with E-state index in [0.717, 1.165) is 6.61 Å². The smallest absolute Gasteiger partial charge is 0.0991 e. The van der Waals surface area contributed by atoms with Crippen molar-refractivity contribution in [1.29, 1.82) is 10.5 Å². The Kier molecular flexibility index (Phi) is 2.25. The number of nitrogens with zero attached hydrogens (tertiary/aromatic N) is 2. The van der Waals surface area contributed by atoms with Crippen LogP contribution in [0.3, 0.4) is 0 Å². The van der Waals surface area contributed by atoms with Gasteiger partial charge in [0.15, 0.2) is 0 Å². The monoisotopic (exact) mass is 324 g/mol. The highest BCUT2D eigenvalue weighted by Gasteiger charge is 2.92. The standard InChI is InChI=1S/C22H16N2O/c23-9-13-5-7-14(8-6-13)18-17-10-25-12-22-19(17)15-3-1-2-4-16(15)20(22)21(18,22)11-24/h1-8,17-20H,10,12H2/t17-,18-,19?,20?,21?,22?/m0/s1. The fraction of sp³-hybridized carbons (Fsp3) is 0.364. The van der Waals surface area contributed by atoms with Crippen LogP contribution in [0, 0.1) is 39.4 Å². The summed E-state index contributed by atoms with van der Waals surface area (Å²) in [5.74, 6) is 1.27. The maximum atomic E-state index is 10.3. The molecule has 120 valence electrons. The summed E-state index contributed by atoms with van der Waals surface area (Å²) in [4.78, 5) is 0. The molecule has 3 heteroatoms. The van der Waals surface area contributed by atoms with Gasteiger partial charge >= 0.3 is 0 Å². The summed E-state index contributed by atoms with van der Waals surface area (Å²) in [6.45, 7) is 1.43. The van der Waals surface area contributed by atoms with Crippen molar-refractivity contribution in [1.82, 2.24) is 0 Å². The zero-order chi connectivity index (χ0) is 16.8. The molecule has 3 nitrogen and oxygen atoms in total.